The van der Waals surface area contributed by atoms with E-state index >= 15 is 9.59 Å². The minimum atomic E-state index is -0.356. The summed E-state index contributed by atoms with van der Waals surface area (Å²) >= 11 is 0. The molecule has 0 unspecified atom stereocenters. The van der Waals surface area contributed by atoms with Crippen molar-refractivity contribution in [2.45, 2.75) is 0 Å². The third-order valence-corrected chi connectivity index (χ3v) is 12.2. The van der Waals surface area contributed by atoms with Gasteiger partial charge in [-0.2, -0.15) is 0 Å². The smallest absolute Gasteiger partial charge is 0.268 e. The van der Waals surface area contributed by atoms with Crippen LogP contribution in [0, 0.1) is 0 Å². The Labute approximate surface area is 351 Å². The molecule has 0 N–H and O–H groups in total. The molecule has 12 rings (SSSR count). The minimum Gasteiger partial charge on any atom is -0.309 e. The molecule has 2 amide bonds. The fraction of sp³-hybridized carbons (Fsp3) is 0. The van der Waals surface area contributed by atoms with Gasteiger partial charge in [-0.25, -0.2) is 4.90 Å². The summed E-state index contributed by atoms with van der Waals surface area (Å²) in [6.45, 7) is 0. The molecule has 0 atom stereocenters. The molecule has 0 saturated carbocycles. The highest BCUT2D eigenvalue weighted by molar-refractivity contribution is 6.37. The monoisotopic (exact) mass is 781 g/mol. The maximum absolute atomic E-state index is 15.5. The zero-order chi connectivity index (χ0) is 40.6. The number of amides is 2. The number of nitrogens with zero attached hydrogens (tertiary/aromatic N) is 3. The van der Waals surface area contributed by atoms with Gasteiger partial charge in [0.05, 0.1) is 44.6 Å². The Kier molecular flexibility index (Phi) is 7.77. The van der Waals surface area contributed by atoms with E-state index in [-0.39, 0.29) is 11.8 Å². The molecule has 5 nitrogen and oxygen atoms in total. The Morgan fingerprint density at radius 3 is 1.36 bits per heavy atom. The first-order valence-electron chi connectivity index (χ1n) is 20.5. The lowest BCUT2D eigenvalue weighted by atomic mass is 9.90. The molecule has 3 heterocycles. The molecule has 0 saturated heterocycles. The zero-order valence-corrected chi connectivity index (χ0v) is 32.9. The van der Waals surface area contributed by atoms with Gasteiger partial charge in [0.25, 0.3) is 11.8 Å². The van der Waals surface area contributed by atoms with E-state index in [1.807, 2.05) is 97.1 Å². The molecule has 1 aliphatic heterocycles. The maximum atomic E-state index is 15.5. The zero-order valence-electron chi connectivity index (χ0n) is 32.9. The fourth-order valence-corrected chi connectivity index (χ4v) is 9.57. The predicted octanol–water partition coefficient (Wildman–Crippen LogP) is 13.7. The summed E-state index contributed by atoms with van der Waals surface area (Å²) in [4.78, 5) is 31.9. The van der Waals surface area contributed by atoms with E-state index in [1.54, 1.807) is 6.07 Å². The molecule has 2 aromatic heterocycles. The second-order valence-electron chi connectivity index (χ2n) is 15.6. The van der Waals surface area contributed by atoms with Crippen molar-refractivity contribution in [2.75, 3.05) is 4.90 Å². The van der Waals surface area contributed by atoms with Crippen molar-refractivity contribution in [2.24, 2.45) is 0 Å². The average Bonchev–Trinajstić information content (AvgIpc) is 3.93. The summed E-state index contributed by atoms with van der Waals surface area (Å²) < 4.78 is 4.48. The van der Waals surface area contributed by atoms with Crippen molar-refractivity contribution in [3.8, 4) is 44.8 Å². The number of imide groups is 1. The molecular weight excluding hydrogens is 747 g/mol. The van der Waals surface area contributed by atoms with Gasteiger partial charge in [0.15, 0.2) is 0 Å². The van der Waals surface area contributed by atoms with E-state index in [0.29, 0.717) is 22.5 Å². The van der Waals surface area contributed by atoms with Gasteiger partial charge in [-0.05, 0) is 82.9 Å². The number of benzene rings is 9. The molecule has 9 aromatic carbocycles. The van der Waals surface area contributed by atoms with Gasteiger partial charge in [-0.1, -0.05) is 152 Å². The van der Waals surface area contributed by atoms with Gasteiger partial charge in [0.1, 0.15) is 0 Å². The van der Waals surface area contributed by atoms with Crippen LogP contribution in [-0.2, 0) is 0 Å². The van der Waals surface area contributed by atoms with E-state index in [0.717, 1.165) is 71.9 Å². The molecule has 0 spiro atoms. The molecule has 0 aliphatic carbocycles. The summed E-state index contributed by atoms with van der Waals surface area (Å²) in [5, 5.41) is 4.51. The SMILES string of the molecule is O=C1c2cccc(-n3c4ccccc4c4cc(-n5c6ccccc6c6ccccc65)ccc43)c2C(=O)N1c1c(-c2ccccc2)cc(-c2ccccc2)cc1-c1ccccc1. The Bertz CT molecular complexity index is 3450. The second kappa shape index (κ2) is 13.7. The van der Waals surface area contributed by atoms with Crippen LogP contribution >= 0.6 is 0 Å². The quantitative estimate of drug-likeness (QED) is 0.158. The van der Waals surface area contributed by atoms with Crippen molar-refractivity contribution in [3.63, 3.8) is 0 Å². The van der Waals surface area contributed by atoms with Gasteiger partial charge in [0, 0.05) is 38.4 Å². The molecule has 0 radical (unpaired) electrons. The number of fused-ring (bicyclic) bond motifs is 7. The topological polar surface area (TPSA) is 47.2 Å². The summed E-state index contributed by atoms with van der Waals surface area (Å²) in [7, 11) is 0. The van der Waals surface area contributed by atoms with Crippen LogP contribution in [0.1, 0.15) is 20.7 Å². The molecule has 11 aromatic rings. The Balaban J connectivity index is 1.07. The van der Waals surface area contributed by atoms with Gasteiger partial charge < -0.3 is 9.13 Å². The number of rotatable bonds is 6. The normalized spacial score (nSPS) is 12.6. The van der Waals surface area contributed by atoms with Gasteiger partial charge in [-0.3, -0.25) is 9.59 Å². The number of carbonyl (C=O) groups is 2. The summed E-state index contributed by atoms with van der Waals surface area (Å²) in [6.07, 6.45) is 0. The summed E-state index contributed by atoms with van der Waals surface area (Å²) in [6, 6.07) is 72.1. The Morgan fingerprint density at radius 2 is 0.787 bits per heavy atom. The predicted molar refractivity (Wildman–Crippen MR) is 249 cm³/mol. The molecule has 61 heavy (non-hydrogen) atoms. The first-order valence-corrected chi connectivity index (χ1v) is 20.5. The van der Waals surface area contributed by atoms with Crippen molar-refractivity contribution < 1.29 is 9.59 Å². The fourth-order valence-electron chi connectivity index (χ4n) is 9.57. The van der Waals surface area contributed by atoms with Crippen molar-refractivity contribution in [1.29, 1.82) is 0 Å². The van der Waals surface area contributed by atoms with Gasteiger partial charge in [-0.15, -0.1) is 0 Å². The number of anilines is 1. The van der Waals surface area contributed by atoms with Crippen LogP contribution in [-0.4, -0.2) is 20.9 Å². The van der Waals surface area contributed by atoms with Crippen molar-refractivity contribution >= 4 is 61.1 Å². The summed E-state index contributed by atoms with van der Waals surface area (Å²) in [5.74, 6) is -0.705. The van der Waals surface area contributed by atoms with E-state index < -0.39 is 0 Å². The highest BCUT2D eigenvalue weighted by Gasteiger charge is 2.41. The van der Waals surface area contributed by atoms with Crippen molar-refractivity contribution in [1.82, 2.24) is 9.13 Å². The minimum absolute atomic E-state index is 0.349. The van der Waals surface area contributed by atoms with Crippen LogP contribution in [0.15, 0.2) is 212 Å². The van der Waals surface area contributed by atoms with E-state index in [1.165, 1.54) is 15.7 Å². The first kappa shape index (κ1) is 34.7. The third-order valence-electron chi connectivity index (χ3n) is 12.2. The standard InChI is InChI=1S/C56H35N3O2/c60-55-44-26-16-30-52(58-50-29-15-12-25-43(50)47-35-40(31-32-51(47)58)57-48-27-13-10-23-41(48)42-24-11-14-28-49(42)57)53(44)56(61)59(55)54-45(37-19-6-2-7-20-37)33-39(36-17-4-1-5-18-36)34-46(54)38-21-8-3-9-22-38/h1-35H. The molecular formula is C56H35N3O2. The van der Waals surface area contributed by atoms with Gasteiger partial charge >= 0.3 is 0 Å². The molecule has 5 heteroatoms. The lowest BCUT2D eigenvalue weighted by Gasteiger charge is -2.24. The number of hydrogen-bond donors (Lipinski definition) is 0. The number of hydrogen-bond acceptors (Lipinski definition) is 2. The average molecular weight is 782 g/mol. The maximum Gasteiger partial charge on any atom is 0.268 e. The van der Waals surface area contributed by atoms with E-state index in [2.05, 4.69) is 118 Å². The lowest BCUT2D eigenvalue weighted by Crippen LogP contribution is -2.30. The van der Waals surface area contributed by atoms with Crippen LogP contribution in [0.25, 0.3) is 88.4 Å². The second-order valence-corrected chi connectivity index (χ2v) is 15.6. The highest BCUT2D eigenvalue weighted by atomic mass is 16.2. The third kappa shape index (κ3) is 5.27. The lowest BCUT2D eigenvalue weighted by molar-refractivity contribution is 0.0926. The van der Waals surface area contributed by atoms with Crippen LogP contribution in [0.5, 0.6) is 0 Å². The van der Waals surface area contributed by atoms with Crippen LogP contribution in [0.4, 0.5) is 5.69 Å². The Morgan fingerprint density at radius 1 is 0.311 bits per heavy atom. The molecule has 0 bridgehead atoms. The van der Waals surface area contributed by atoms with Crippen molar-refractivity contribution in [3.05, 3.63) is 223 Å². The largest absolute Gasteiger partial charge is 0.309 e. The van der Waals surface area contributed by atoms with E-state index in [4.69, 9.17) is 0 Å². The first-order chi connectivity index (χ1) is 30.1. The number of carbonyl (C=O) groups excluding carboxylic acids is 2. The van der Waals surface area contributed by atoms with E-state index in [9.17, 15) is 0 Å². The molecule has 0 fully saturated rings. The molecule has 286 valence electrons. The highest BCUT2D eigenvalue weighted by Crippen LogP contribution is 2.47. The summed E-state index contributed by atoms with van der Waals surface area (Å²) in [5.41, 5.74) is 12.6. The van der Waals surface area contributed by atoms with Gasteiger partial charge in [0.2, 0.25) is 0 Å². The van der Waals surface area contributed by atoms with Crippen LogP contribution < -0.4 is 4.90 Å². The number of para-hydroxylation sites is 3. The molecule has 1 aliphatic rings. The van der Waals surface area contributed by atoms with Crippen LogP contribution in [0.2, 0.25) is 0 Å². The van der Waals surface area contributed by atoms with Crippen LogP contribution in [0.3, 0.4) is 0 Å². The number of aromatic nitrogens is 2. The Hall–Kier alpha value is -8.28.